The fourth-order valence-corrected chi connectivity index (χ4v) is 0.774. The van der Waals surface area contributed by atoms with Crippen molar-refractivity contribution in [3.63, 3.8) is 0 Å². The van der Waals surface area contributed by atoms with E-state index in [1.54, 1.807) is 0 Å². The van der Waals surface area contributed by atoms with Crippen LogP contribution < -0.4 is 5.32 Å². The van der Waals surface area contributed by atoms with E-state index in [1.807, 2.05) is 0 Å². The van der Waals surface area contributed by atoms with Crippen LogP contribution in [0.15, 0.2) is 0 Å². The van der Waals surface area contributed by atoms with E-state index in [0.29, 0.717) is 5.17 Å². The van der Waals surface area contributed by atoms with Crippen LogP contribution in [0.25, 0.3) is 0 Å². The van der Waals surface area contributed by atoms with Crippen molar-refractivity contribution in [3.05, 3.63) is 0 Å². The number of carbonyl (C=O) groups is 3. The molecule has 2 rings (SSSR count). The Balaban J connectivity index is 2.20. The monoisotopic (exact) mass is 173 g/mol. The molecule has 2 amide bonds. The summed E-state index contributed by atoms with van der Waals surface area (Å²) in [6, 6.07) is -0.657. The number of urea groups is 1. The molecule has 2 fully saturated rings. The van der Waals surface area contributed by atoms with Crippen LogP contribution in [0.1, 0.15) is 0 Å². The zero-order valence-corrected chi connectivity index (χ0v) is 5.64. The van der Waals surface area contributed by atoms with E-state index in [2.05, 4.69) is 15.0 Å². The molecule has 12 heavy (non-hydrogen) atoms. The Bertz CT molecular complexity index is 276. The highest BCUT2D eigenvalue weighted by Crippen LogP contribution is 2.12. The minimum absolute atomic E-state index is 0.0299. The Morgan fingerprint density at radius 2 is 1.83 bits per heavy atom. The summed E-state index contributed by atoms with van der Waals surface area (Å²) in [5.41, 5.74) is 0. The normalized spacial score (nSPS) is 23.0. The van der Waals surface area contributed by atoms with Gasteiger partial charge in [-0.2, -0.15) is 0 Å². The third-order valence-corrected chi connectivity index (χ3v) is 1.27. The minimum atomic E-state index is -1.22. The number of nitrogens with one attached hydrogen (secondary N) is 1. The van der Waals surface area contributed by atoms with Gasteiger partial charge in [-0.05, 0) is 5.17 Å². The van der Waals surface area contributed by atoms with Crippen molar-refractivity contribution in [2.45, 2.75) is 0 Å². The number of hydrogen-bond acceptors (Lipinski definition) is 6. The molecule has 1 N–H and O–H groups in total. The summed E-state index contributed by atoms with van der Waals surface area (Å²) in [5, 5.41) is 3.59. The molecule has 0 saturated carbocycles. The number of hydroxylamine groups is 2. The standard InChI is InChI=1S/C4H3N3O5/c8-2-3(9)12-7-4(10)5-1-6(7)11-2/h1H2,(H,5,10). The number of fused-ring (bicyclic) bond motifs is 1. The average Bonchev–Trinajstić information content (AvgIpc) is 2.35. The molecule has 2 heterocycles. The highest BCUT2D eigenvalue weighted by molar-refractivity contribution is 6.29. The maximum absolute atomic E-state index is 10.8. The summed E-state index contributed by atoms with van der Waals surface area (Å²) in [6.45, 7) is -0.0299. The molecule has 2 aliphatic heterocycles. The number of amides is 2. The van der Waals surface area contributed by atoms with Gasteiger partial charge in [-0.3, -0.25) is 0 Å². The quantitative estimate of drug-likeness (QED) is 0.431. The molecule has 0 aliphatic carbocycles. The van der Waals surface area contributed by atoms with E-state index in [-0.39, 0.29) is 6.67 Å². The van der Waals surface area contributed by atoms with Crippen LogP contribution in [0.4, 0.5) is 4.79 Å². The van der Waals surface area contributed by atoms with Crippen LogP contribution >= 0.6 is 0 Å². The predicted molar refractivity (Wildman–Crippen MR) is 29.3 cm³/mol. The number of hydrazine groups is 1. The van der Waals surface area contributed by atoms with Gasteiger partial charge in [0.1, 0.15) is 6.67 Å². The zero-order chi connectivity index (χ0) is 8.72. The van der Waals surface area contributed by atoms with Crippen molar-refractivity contribution in [2.75, 3.05) is 6.67 Å². The second kappa shape index (κ2) is 2.08. The molecule has 0 spiro atoms. The Hall–Kier alpha value is -1.83. The Morgan fingerprint density at radius 1 is 1.17 bits per heavy atom. The predicted octanol–water partition coefficient (Wildman–Crippen LogP) is -1.88. The molecule has 0 unspecified atom stereocenters. The fraction of sp³-hybridized carbons (Fsp3) is 0.250. The van der Waals surface area contributed by atoms with E-state index in [9.17, 15) is 14.4 Å². The molecule has 0 aromatic carbocycles. The lowest BCUT2D eigenvalue weighted by Gasteiger charge is -2.25. The van der Waals surface area contributed by atoms with Gasteiger partial charge in [0.15, 0.2) is 0 Å². The molecule has 64 valence electrons. The molecular weight excluding hydrogens is 170 g/mol. The van der Waals surface area contributed by atoms with Gasteiger partial charge in [0.2, 0.25) is 0 Å². The maximum atomic E-state index is 10.8. The van der Waals surface area contributed by atoms with E-state index in [0.717, 1.165) is 5.17 Å². The zero-order valence-electron chi connectivity index (χ0n) is 5.64. The molecule has 8 heteroatoms. The van der Waals surface area contributed by atoms with Crippen LogP contribution in [0.2, 0.25) is 0 Å². The van der Waals surface area contributed by atoms with Gasteiger partial charge in [-0.15, -0.1) is 0 Å². The molecule has 0 aromatic rings. The maximum Gasteiger partial charge on any atom is 0.445 e. The molecular formula is C4H3N3O5. The van der Waals surface area contributed by atoms with Crippen LogP contribution in [0.3, 0.4) is 0 Å². The van der Waals surface area contributed by atoms with Crippen molar-refractivity contribution >= 4 is 18.0 Å². The first-order valence-electron chi connectivity index (χ1n) is 2.98. The first kappa shape index (κ1) is 6.85. The number of nitrogens with zero attached hydrogens (tertiary/aromatic N) is 2. The van der Waals surface area contributed by atoms with Gasteiger partial charge in [-0.25, -0.2) is 14.4 Å². The number of hydrogen-bond donors (Lipinski definition) is 1. The lowest BCUT2D eigenvalue weighted by atomic mass is 10.7. The largest absolute Gasteiger partial charge is 0.445 e. The molecule has 0 radical (unpaired) electrons. The third-order valence-electron chi connectivity index (χ3n) is 1.27. The smallest absolute Gasteiger partial charge is 0.333 e. The highest BCUT2D eigenvalue weighted by Gasteiger charge is 2.43. The van der Waals surface area contributed by atoms with Gasteiger partial charge in [0, 0.05) is 5.17 Å². The van der Waals surface area contributed by atoms with Gasteiger partial charge in [0.25, 0.3) is 0 Å². The molecule has 2 aliphatic rings. The number of rotatable bonds is 0. The second-order valence-corrected chi connectivity index (χ2v) is 2.02. The minimum Gasteiger partial charge on any atom is -0.333 e. The Morgan fingerprint density at radius 3 is 2.58 bits per heavy atom. The summed E-state index contributed by atoms with van der Waals surface area (Å²) in [4.78, 5) is 40.5. The van der Waals surface area contributed by atoms with Gasteiger partial charge in [0.05, 0.1) is 0 Å². The second-order valence-electron chi connectivity index (χ2n) is 2.02. The first-order valence-corrected chi connectivity index (χ1v) is 2.98. The van der Waals surface area contributed by atoms with Gasteiger partial charge in [-0.1, -0.05) is 0 Å². The summed E-state index contributed by atoms with van der Waals surface area (Å²) >= 11 is 0. The van der Waals surface area contributed by atoms with Crippen LogP contribution in [-0.4, -0.2) is 35.0 Å². The third kappa shape index (κ3) is 0.782. The summed E-state index contributed by atoms with van der Waals surface area (Å²) in [5.74, 6) is -2.37. The highest BCUT2D eigenvalue weighted by atomic mass is 16.9. The van der Waals surface area contributed by atoms with E-state index in [1.165, 1.54) is 0 Å². The summed E-state index contributed by atoms with van der Waals surface area (Å²) < 4.78 is 0. The van der Waals surface area contributed by atoms with Crippen LogP contribution in [0, 0.1) is 0 Å². The van der Waals surface area contributed by atoms with E-state index in [4.69, 9.17) is 0 Å². The summed E-state index contributed by atoms with van der Waals surface area (Å²) in [6.07, 6.45) is 0. The average molecular weight is 173 g/mol. The lowest BCUT2D eigenvalue weighted by Crippen LogP contribution is -2.49. The SMILES string of the molecule is O=C1ON2CNC(=O)N2OC1=O. The van der Waals surface area contributed by atoms with Crippen LogP contribution in [0.5, 0.6) is 0 Å². The van der Waals surface area contributed by atoms with Crippen molar-refractivity contribution < 1.29 is 24.1 Å². The van der Waals surface area contributed by atoms with Crippen molar-refractivity contribution in [3.8, 4) is 0 Å². The van der Waals surface area contributed by atoms with Crippen molar-refractivity contribution in [1.82, 2.24) is 15.7 Å². The Kier molecular flexibility index (Phi) is 1.19. The van der Waals surface area contributed by atoms with E-state index >= 15 is 0 Å². The fourth-order valence-electron chi connectivity index (χ4n) is 0.774. The topological polar surface area (TPSA) is 88.2 Å². The lowest BCUT2D eigenvalue weighted by molar-refractivity contribution is -0.349. The van der Waals surface area contributed by atoms with Crippen LogP contribution in [-0.2, 0) is 19.3 Å². The first-order chi connectivity index (χ1) is 5.68. The molecule has 8 nitrogen and oxygen atoms in total. The molecule has 0 aromatic heterocycles. The van der Waals surface area contributed by atoms with Crippen molar-refractivity contribution in [1.29, 1.82) is 0 Å². The van der Waals surface area contributed by atoms with Gasteiger partial charge < -0.3 is 15.0 Å². The number of carbonyl (C=O) groups excluding carboxylic acids is 3. The summed E-state index contributed by atoms with van der Waals surface area (Å²) in [7, 11) is 0. The molecule has 2 saturated heterocycles. The van der Waals surface area contributed by atoms with Crippen molar-refractivity contribution in [2.24, 2.45) is 0 Å². The van der Waals surface area contributed by atoms with Gasteiger partial charge >= 0.3 is 18.0 Å². The molecule has 0 atom stereocenters. The Labute approximate surface area is 65.5 Å². The molecule has 0 bridgehead atoms. The van der Waals surface area contributed by atoms with E-state index < -0.39 is 18.0 Å².